The Morgan fingerprint density at radius 3 is 2.70 bits per heavy atom. The molecule has 3 N–H and O–H groups in total. The highest BCUT2D eigenvalue weighted by molar-refractivity contribution is 6.35. The van der Waals surface area contributed by atoms with Crippen molar-refractivity contribution >= 4 is 17.4 Å². The highest BCUT2D eigenvalue weighted by Gasteiger charge is 2.15. The Morgan fingerprint density at radius 1 is 1.35 bits per heavy atom. The number of oxime groups is 1. The third kappa shape index (κ3) is 3.00. The molecule has 20 heavy (non-hydrogen) atoms. The quantitative estimate of drug-likeness (QED) is 0.393. The third-order valence-corrected chi connectivity index (χ3v) is 3.16. The highest BCUT2D eigenvalue weighted by atomic mass is 35.5. The number of hydrogen-bond acceptors (Lipinski definition) is 4. The Balaban J connectivity index is 2.26. The topological polar surface area (TPSA) is 80.7 Å². The average molecular weight is 292 g/mol. The summed E-state index contributed by atoms with van der Waals surface area (Å²) in [7, 11) is 0. The Bertz CT molecular complexity index is 617. The van der Waals surface area contributed by atoms with Gasteiger partial charge in [-0.2, -0.15) is 0 Å². The van der Waals surface area contributed by atoms with Gasteiger partial charge < -0.3 is 15.7 Å². The van der Waals surface area contributed by atoms with Crippen LogP contribution in [-0.4, -0.2) is 16.0 Å². The molecular weight excluding hydrogens is 278 g/mol. The predicted octanol–water partition coefficient (Wildman–Crippen LogP) is 2.97. The van der Waals surface area contributed by atoms with Crippen LogP contribution in [0.2, 0.25) is 5.02 Å². The van der Waals surface area contributed by atoms with Crippen LogP contribution < -0.4 is 10.5 Å². The largest absolute Gasteiger partial charge is 0.469 e. The molecule has 0 amide bonds. The molecule has 0 radical (unpaired) electrons. The van der Waals surface area contributed by atoms with Crippen molar-refractivity contribution in [1.82, 2.24) is 4.98 Å². The molecule has 1 heterocycles. The maximum absolute atomic E-state index is 8.71. The number of nitrogens with two attached hydrogens (primary N) is 1. The van der Waals surface area contributed by atoms with E-state index >= 15 is 0 Å². The summed E-state index contributed by atoms with van der Waals surface area (Å²) in [6.45, 7) is 1.89. The molecule has 2 aromatic rings. The molecule has 0 spiro atoms. The van der Waals surface area contributed by atoms with E-state index in [4.69, 9.17) is 27.3 Å². The first-order valence-electron chi connectivity index (χ1n) is 5.97. The molecule has 1 unspecified atom stereocenters. The number of benzene rings is 1. The second-order valence-corrected chi connectivity index (χ2v) is 4.51. The summed E-state index contributed by atoms with van der Waals surface area (Å²) in [6, 6.07) is 11.2. The molecule has 2 rings (SSSR count). The van der Waals surface area contributed by atoms with Crippen LogP contribution in [0.1, 0.15) is 24.2 Å². The maximum atomic E-state index is 8.71. The third-order valence-electron chi connectivity index (χ3n) is 2.80. The van der Waals surface area contributed by atoms with Crippen molar-refractivity contribution in [1.29, 1.82) is 0 Å². The van der Waals surface area contributed by atoms with Crippen molar-refractivity contribution in [2.75, 3.05) is 0 Å². The number of rotatable bonds is 4. The lowest BCUT2D eigenvalue weighted by atomic mass is 10.1. The van der Waals surface area contributed by atoms with E-state index in [1.807, 2.05) is 37.3 Å². The lowest BCUT2D eigenvalue weighted by Gasteiger charge is -2.16. The summed E-state index contributed by atoms with van der Waals surface area (Å²) in [4.78, 5) is 4.07. The SMILES string of the molecule is CC(Oc1nccc(/C(N)=N/O)c1Cl)c1ccccc1. The molecule has 0 aliphatic carbocycles. The van der Waals surface area contributed by atoms with Crippen molar-refractivity contribution in [2.45, 2.75) is 13.0 Å². The average Bonchev–Trinajstić information content (AvgIpc) is 2.49. The smallest absolute Gasteiger partial charge is 0.233 e. The molecule has 0 bridgehead atoms. The van der Waals surface area contributed by atoms with E-state index in [-0.39, 0.29) is 22.8 Å². The predicted molar refractivity (Wildman–Crippen MR) is 77.2 cm³/mol. The second kappa shape index (κ2) is 6.25. The monoisotopic (exact) mass is 291 g/mol. The van der Waals surface area contributed by atoms with E-state index in [1.54, 1.807) is 6.07 Å². The van der Waals surface area contributed by atoms with Gasteiger partial charge in [-0.1, -0.05) is 47.1 Å². The second-order valence-electron chi connectivity index (χ2n) is 4.13. The first-order valence-corrected chi connectivity index (χ1v) is 6.35. The van der Waals surface area contributed by atoms with Crippen molar-refractivity contribution in [2.24, 2.45) is 10.9 Å². The molecular formula is C14H14ClN3O2. The zero-order valence-corrected chi connectivity index (χ0v) is 11.6. The molecule has 0 aliphatic rings. The molecule has 1 aromatic heterocycles. The molecule has 1 atom stereocenters. The van der Waals surface area contributed by atoms with Crippen LogP contribution >= 0.6 is 11.6 Å². The molecule has 1 aromatic carbocycles. The van der Waals surface area contributed by atoms with E-state index in [2.05, 4.69) is 10.1 Å². The first-order chi connectivity index (χ1) is 9.63. The van der Waals surface area contributed by atoms with Crippen molar-refractivity contribution in [3.8, 4) is 5.88 Å². The zero-order valence-electron chi connectivity index (χ0n) is 10.8. The number of halogens is 1. The fourth-order valence-corrected chi connectivity index (χ4v) is 1.97. The van der Waals surface area contributed by atoms with Crippen LogP contribution in [-0.2, 0) is 0 Å². The van der Waals surface area contributed by atoms with Crippen molar-refractivity contribution < 1.29 is 9.94 Å². The minimum absolute atomic E-state index is 0.0883. The molecule has 5 nitrogen and oxygen atoms in total. The van der Waals surface area contributed by atoms with E-state index < -0.39 is 0 Å². The molecule has 104 valence electrons. The summed E-state index contributed by atoms with van der Waals surface area (Å²) in [6.07, 6.45) is 1.27. The number of ether oxygens (including phenoxy) is 1. The fourth-order valence-electron chi connectivity index (χ4n) is 1.72. The van der Waals surface area contributed by atoms with Gasteiger partial charge in [-0.05, 0) is 18.6 Å². The number of nitrogens with zero attached hydrogens (tertiary/aromatic N) is 2. The van der Waals surface area contributed by atoms with Gasteiger partial charge in [0.05, 0.1) is 0 Å². The van der Waals surface area contributed by atoms with Gasteiger partial charge in [-0.3, -0.25) is 0 Å². The van der Waals surface area contributed by atoms with Crippen LogP contribution in [0.5, 0.6) is 5.88 Å². The van der Waals surface area contributed by atoms with Gasteiger partial charge in [0.1, 0.15) is 11.1 Å². The van der Waals surface area contributed by atoms with E-state index in [1.165, 1.54) is 6.20 Å². The maximum Gasteiger partial charge on any atom is 0.233 e. The summed E-state index contributed by atoms with van der Waals surface area (Å²) in [5.41, 5.74) is 6.91. The fraction of sp³-hybridized carbons (Fsp3) is 0.143. The molecule has 0 saturated heterocycles. The lowest BCUT2D eigenvalue weighted by Crippen LogP contribution is -2.15. The van der Waals surface area contributed by atoms with Gasteiger partial charge in [0.15, 0.2) is 5.84 Å². The first kappa shape index (κ1) is 14.1. The van der Waals surface area contributed by atoms with Crippen LogP contribution in [0, 0.1) is 0 Å². The Kier molecular flexibility index (Phi) is 4.42. The van der Waals surface area contributed by atoms with Gasteiger partial charge in [0.25, 0.3) is 0 Å². The summed E-state index contributed by atoms with van der Waals surface area (Å²) < 4.78 is 5.73. The van der Waals surface area contributed by atoms with Crippen LogP contribution in [0.3, 0.4) is 0 Å². The lowest BCUT2D eigenvalue weighted by molar-refractivity contribution is 0.217. The number of hydrogen-bond donors (Lipinski definition) is 2. The minimum atomic E-state index is -0.219. The van der Waals surface area contributed by atoms with E-state index in [0.717, 1.165) is 5.56 Å². The normalized spacial score (nSPS) is 13.0. The Hall–Kier alpha value is -2.27. The van der Waals surface area contributed by atoms with Crippen LogP contribution in [0.15, 0.2) is 47.8 Å². The molecule has 6 heteroatoms. The van der Waals surface area contributed by atoms with Crippen LogP contribution in [0.4, 0.5) is 0 Å². The summed E-state index contributed by atoms with van der Waals surface area (Å²) in [5.74, 6) is 0.154. The molecule has 0 fully saturated rings. The van der Waals surface area contributed by atoms with E-state index in [9.17, 15) is 0 Å². The standard InChI is InChI=1S/C14H14ClN3O2/c1-9(10-5-3-2-4-6-10)20-14-12(15)11(7-8-17-14)13(16)18-19/h2-9,19H,1H3,(H2,16,18). The minimum Gasteiger partial charge on any atom is -0.469 e. The van der Waals surface area contributed by atoms with Gasteiger partial charge in [-0.15, -0.1) is 0 Å². The van der Waals surface area contributed by atoms with Crippen molar-refractivity contribution in [3.05, 3.63) is 58.7 Å². The van der Waals surface area contributed by atoms with E-state index in [0.29, 0.717) is 5.56 Å². The highest BCUT2D eigenvalue weighted by Crippen LogP contribution is 2.29. The Labute approximate surface area is 121 Å². The van der Waals surface area contributed by atoms with Gasteiger partial charge in [0.2, 0.25) is 5.88 Å². The summed E-state index contributed by atoms with van der Waals surface area (Å²) in [5, 5.41) is 11.8. The van der Waals surface area contributed by atoms with Gasteiger partial charge in [-0.25, -0.2) is 4.98 Å². The van der Waals surface area contributed by atoms with Gasteiger partial charge in [0, 0.05) is 11.8 Å². The molecule has 0 aliphatic heterocycles. The number of amidine groups is 1. The van der Waals surface area contributed by atoms with Crippen LogP contribution in [0.25, 0.3) is 0 Å². The Morgan fingerprint density at radius 2 is 2.05 bits per heavy atom. The van der Waals surface area contributed by atoms with Gasteiger partial charge >= 0.3 is 0 Å². The summed E-state index contributed by atoms with van der Waals surface area (Å²) >= 11 is 6.15. The zero-order chi connectivity index (χ0) is 14.5. The van der Waals surface area contributed by atoms with Crippen molar-refractivity contribution in [3.63, 3.8) is 0 Å². The molecule has 0 saturated carbocycles. The number of pyridine rings is 1. The number of aromatic nitrogens is 1.